The maximum Gasteiger partial charge on any atom is 0.160 e. The van der Waals surface area contributed by atoms with Gasteiger partial charge in [-0.05, 0) is 70.4 Å². The first-order valence-electron chi connectivity index (χ1n) is 8.99. The van der Waals surface area contributed by atoms with Crippen LogP contribution in [-0.2, 0) is 0 Å². The minimum absolute atomic E-state index is 0.735. The van der Waals surface area contributed by atoms with Crippen molar-refractivity contribution < 1.29 is 4.79 Å². The predicted octanol–water partition coefficient (Wildman–Crippen LogP) is 2.85. The zero-order chi connectivity index (χ0) is 18.0. The van der Waals surface area contributed by atoms with Gasteiger partial charge in [0.05, 0.1) is 4.88 Å². The summed E-state index contributed by atoms with van der Waals surface area (Å²) >= 11 is 1.49. The predicted molar refractivity (Wildman–Crippen MR) is 106 cm³/mol. The number of aldehydes is 1. The van der Waals surface area contributed by atoms with Crippen molar-refractivity contribution in [3.8, 4) is 0 Å². The van der Waals surface area contributed by atoms with E-state index >= 15 is 0 Å². The molecule has 2 N–H and O–H groups in total. The highest BCUT2D eigenvalue weighted by Crippen LogP contribution is 2.39. The van der Waals surface area contributed by atoms with Crippen LogP contribution in [0.2, 0.25) is 0 Å². The molecule has 5 nitrogen and oxygen atoms in total. The minimum Gasteiger partial charge on any atom is -0.356 e. The number of hydrogen-bond acceptors (Lipinski definition) is 6. The maximum absolute atomic E-state index is 10.9. The van der Waals surface area contributed by atoms with E-state index in [2.05, 4.69) is 41.8 Å². The third-order valence-electron chi connectivity index (χ3n) is 5.58. The summed E-state index contributed by atoms with van der Waals surface area (Å²) in [5, 5.41) is 1.07. The second-order valence-corrected chi connectivity index (χ2v) is 8.25. The molecule has 0 radical (unpaired) electrons. The Kier molecular flexibility index (Phi) is 5.71. The van der Waals surface area contributed by atoms with Crippen LogP contribution in [0, 0.1) is 11.8 Å². The van der Waals surface area contributed by atoms with Crippen molar-refractivity contribution in [3.63, 3.8) is 0 Å². The van der Waals surface area contributed by atoms with Crippen LogP contribution >= 0.6 is 11.3 Å². The Morgan fingerprint density at radius 2 is 2.00 bits per heavy atom. The number of fused-ring (bicyclic) bond motifs is 2. The Morgan fingerprint density at radius 1 is 1.24 bits per heavy atom. The zero-order valence-electron chi connectivity index (χ0n) is 15.3. The molecule has 1 aliphatic carbocycles. The number of anilines is 1. The number of hydrogen-bond donors (Lipinski definition) is 1. The van der Waals surface area contributed by atoms with E-state index < -0.39 is 0 Å². The number of carbonyl (C=O) groups excluding carboxylic acids is 1. The summed E-state index contributed by atoms with van der Waals surface area (Å²) in [6.45, 7) is 2.26. The van der Waals surface area contributed by atoms with Crippen LogP contribution < -0.4 is 10.6 Å². The average molecular weight is 361 g/mol. The molecule has 6 heteroatoms. The summed E-state index contributed by atoms with van der Waals surface area (Å²) in [7, 11) is 5.91. The van der Waals surface area contributed by atoms with Crippen LogP contribution in [0.1, 0.15) is 28.9 Å². The number of nitrogens with zero attached hydrogens (tertiary/aromatic N) is 3. The van der Waals surface area contributed by atoms with E-state index in [1.165, 1.54) is 37.6 Å². The molecule has 0 bridgehead atoms. The lowest BCUT2D eigenvalue weighted by Crippen LogP contribution is -2.36. The van der Waals surface area contributed by atoms with Gasteiger partial charge >= 0.3 is 0 Å². The lowest BCUT2D eigenvalue weighted by atomic mass is 9.79. The molecule has 25 heavy (non-hydrogen) atoms. The second kappa shape index (κ2) is 7.81. The molecule has 1 saturated heterocycles. The highest BCUT2D eigenvalue weighted by Gasteiger charge is 2.38. The summed E-state index contributed by atoms with van der Waals surface area (Å²) in [5.74, 6) is 2.69. The fourth-order valence-corrected chi connectivity index (χ4v) is 5.07. The Bertz CT molecular complexity index is 729. The summed E-state index contributed by atoms with van der Waals surface area (Å²) in [6.07, 6.45) is 4.88. The molecule has 1 saturated carbocycles. The summed E-state index contributed by atoms with van der Waals surface area (Å²) in [4.78, 5) is 22.3. The molecule has 2 aromatic rings. The smallest absolute Gasteiger partial charge is 0.160 e. The first-order valence-corrected chi connectivity index (χ1v) is 9.80. The van der Waals surface area contributed by atoms with Gasteiger partial charge in [-0.15, -0.1) is 11.3 Å². The van der Waals surface area contributed by atoms with Crippen molar-refractivity contribution in [2.45, 2.75) is 25.3 Å². The Balaban J connectivity index is 0.000000880. The Hall–Kier alpha value is -1.50. The highest BCUT2D eigenvalue weighted by molar-refractivity contribution is 7.20. The van der Waals surface area contributed by atoms with Crippen LogP contribution in [0.3, 0.4) is 0 Å². The molecule has 3 unspecified atom stereocenters. The normalized spacial score (nSPS) is 25.6. The lowest BCUT2D eigenvalue weighted by molar-refractivity contribution is 0.112. The van der Waals surface area contributed by atoms with Gasteiger partial charge in [0.15, 0.2) is 6.29 Å². The van der Waals surface area contributed by atoms with Crippen molar-refractivity contribution in [1.29, 1.82) is 0 Å². The third kappa shape index (κ3) is 3.71. The molecule has 0 aromatic carbocycles. The molecule has 4 rings (SSSR count). The molecule has 1 aliphatic heterocycles. The van der Waals surface area contributed by atoms with Crippen LogP contribution in [0.4, 0.5) is 5.82 Å². The van der Waals surface area contributed by atoms with Gasteiger partial charge < -0.3 is 15.5 Å². The second-order valence-electron chi connectivity index (χ2n) is 7.19. The van der Waals surface area contributed by atoms with Gasteiger partial charge in [0.2, 0.25) is 0 Å². The maximum atomic E-state index is 10.9. The number of aromatic nitrogens is 1. The number of pyridine rings is 1. The fraction of sp³-hybridized carbons (Fsp3) is 0.579. The monoisotopic (exact) mass is 360 g/mol. The molecule has 2 aromatic heterocycles. The van der Waals surface area contributed by atoms with Gasteiger partial charge in [-0.25, -0.2) is 4.98 Å². The lowest BCUT2D eigenvalue weighted by Gasteiger charge is -2.34. The van der Waals surface area contributed by atoms with Gasteiger partial charge in [-0.3, -0.25) is 4.79 Å². The van der Waals surface area contributed by atoms with Gasteiger partial charge in [0, 0.05) is 24.5 Å². The molecule has 2 aliphatic rings. The van der Waals surface area contributed by atoms with Gasteiger partial charge in [0.25, 0.3) is 0 Å². The van der Waals surface area contributed by atoms with E-state index in [4.69, 9.17) is 4.98 Å². The Morgan fingerprint density at radius 3 is 2.72 bits per heavy atom. The summed E-state index contributed by atoms with van der Waals surface area (Å²) in [5.41, 5.74) is 4.50. The molecule has 136 valence electrons. The zero-order valence-corrected chi connectivity index (χ0v) is 16.1. The van der Waals surface area contributed by atoms with E-state index in [0.29, 0.717) is 0 Å². The first-order chi connectivity index (χ1) is 12.1. The molecule has 0 spiro atoms. The molecule has 2 fully saturated rings. The summed E-state index contributed by atoms with van der Waals surface area (Å²) in [6, 6.07) is 6.88. The number of nitrogens with two attached hydrogens (primary N) is 1. The largest absolute Gasteiger partial charge is 0.356 e. The van der Waals surface area contributed by atoms with Crippen molar-refractivity contribution in [2.24, 2.45) is 17.6 Å². The van der Waals surface area contributed by atoms with Crippen LogP contribution in [-0.4, -0.2) is 56.4 Å². The number of thiophene rings is 1. The van der Waals surface area contributed by atoms with E-state index in [1.54, 1.807) is 0 Å². The SMILES string of the molecule is CN.CN(C)C1CCC2CN(c3ccc4cc(C=O)sc4n3)CC2C1. The fourth-order valence-electron chi connectivity index (χ4n) is 4.22. The van der Waals surface area contributed by atoms with Gasteiger partial charge in [0.1, 0.15) is 10.6 Å². The minimum atomic E-state index is 0.735. The Labute approximate surface area is 153 Å². The topological polar surface area (TPSA) is 62.5 Å². The molecular formula is C19H28N4OS. The van der Waals surface area contributed by atoms with Gasteiger partial charge in [-0.1, -0.05) is 0 Å². The van der Waals surface area contributed by atoms with Gasteiger partial charge in [-0.2, -0.15) is 0 Å². The highest BCUT2D eigenvalue weighted by atomic mass is 32.1. The molecule has 0 amide bonds. The molecular weight excluding hydrogens is 332 g/mol. The van der Waals surface area contributed by atoms with Crippen molar-refractivity contribution >= 4 is 33.7 Å². The van der Waals surface area contributed by atoms with E-state index in [0.717, 1.165) is 58.2 Å². The van der Waals surface area contributed by atoms with Crippen LogP contribution in [0.25, 0.3) is 10.2 Å². The first kappa shape index (κ1) is 18.3. The van der Waals surface area contributed by atoms with E-state index in [-0.39, 0.29) is 0 Å². The number of carbonyl (C=O) groups is 1. The quantitative estimate of drug-likeness (QED) is 0.853. The molecule has 3 heterocycles. The van der Waals surface area contributed by atoms with E-state index in [1.807, 2.05) is 6.07 Å². The molecule has 3 atom stereocenters. The van der Waals surface area contributed by atoms with Crippen molar-refractivity contribution in [2.75, 3.05) is 39.1 Å². The third-order valence-corrected chi connectivity index (χ3v) is 6.55. The van der Waals surface area contributed by atoms with Crippen molar-refractivity contribution in [1.82, 2.24) is 9.88 Å². The van der Waals surface area contributed by atoms with Crippen molar-refractivity contribution in [3.05, 3.63) is 23.1 Å². The average Bonchev–Trinajstić information content (AvgIpc) is 3.25. The number of rotatable bonds is 3. The van der Waals surface area contributed by atoms with E-state index in [9.17, 15) is 4.79 Å². The van der Waals surface area contributed by atoms with Crippen LogP contribution in [0.5, 0.6) is 0 Å². The summed E-state index contributed by atoms with van der Waals surface area (Å²) < 4.78 is 0. The van der Waals surface area contributed by atoms with Crippen LogP contribution in [0.15, 0.2) is 18.2 Å². The standard InChI is InChI=1S/C18H23N3OS.CH5N/c1-20(2)15-5-3-13-9-21(10-14(13)7-15)17-6-4-12-8-16(11-22)23-18(12)19-17;1-2/h4,6,8,11,13-15H,3,5,7,9-10H2,1-2H3;2H2,1H3.